The molecule has 0 aromatic carbocycles. The Hall–Kier alpha value is -2.35. The molecule has 0 amide bonds. The second kappa shape index (κ2) is 6.33. The molecular formula is C22H26O8. The number of cyclic esters (lactones) is 1. The smallest absolute Gasteiger partial charge is 0.339 e. The zero-order valence-corrected chi connectivity index (χ0v) is 17.1. The van der Waals surface area contributed by atoms with E-state index in [4.69, 9.17) is 18.6 Å². The molecule has 2 aliphatic carbocycles. The largest absolute Gasteiger partial charge is 0.472 e. The zero-order valence-electron chi connectivity index (χ0n) is 17.1. The molecule has 4 fully saturated rings. The first kappa shape index (κ1) is 19.6. The van der Waals surface area contributed by atoms with Crippen LogP contribution >= 0.6 is 0 Å². The predicted molar refractivity (Wildman–Crippen MR) is 99.6 cm³/mol. The fourth-order valence-electron chi connectivity index (χ4n) is 6.84. The van der Waals surface area contributed by atoms with E-state index < -0.39 is 46.5 Å². The molecule has 3 heterocycles. The highest BCUT2D eigenvalue weighted by molar-refractivity contribution is 5.86. The highest BCUT2D eigenvalue weighted by atomic mass is 16.6. The first-order valence-electron chi connectivity index (χ1n) is 10.6. The summed E-state index contributed by atoms with van der Waals surface area (Å²) in [4.78, 5) is 38.0. The molecule has 162 valence electrons. The molecule has 7 atom stereocenters. The summed E-state index contributed by atoms with van der Waals surface area (Å²) in [6, 6.07) is 1.78. The SMILES string of the molecule is CC(=O)OCC12C3CC(C)C4(CC(c5ccoc5)OC4=O)C1CCCC2(O)C(=O)O3. The molecule has 8 nitrogen and oxygen atoms in total. The molecule has 7 unspecified atom stereocenters. The van der Waals surface area contributed by atoms with Crippen LogP contribution in [-0.4, -0.2) is 41.3 Å². The fourth-order valence-corrected chi connectivity index (χ4v) is 6.84. The predicted octanol–water partition coefficient (Wildman–Crippen LogP) is 2.30. The van der Waals surface area contributed by atoms with E-state index in [0.29, 0.717) is 25.7 Å². The van der Waals surface area contributed by atoms with E-state index in [1.165, 1.54) is 6.92 Å². The van der Waals surface area contributed by atoms with Gasteiger partial charge in [0.05, 0.1) is 23.4 Å². The van der Waals surface area contributed by atoms with Gasteiger partial charge in [-0.25, -0.2) is 4.79 Å². The first-order chi connectivity index (χ1) is 14.3. The third kappa shape index (κ3) is 2.23. The van der Waals surface area contributed by atoms with Crippen LogP contribution in [0.1, 0.15) is 57.6 Å². The highest BCUT2D eigenvalue weighted by Gasteiger charge is 2.79. The van der Waals surface area contributed by atoms with Crippen LogP contribution in [0.4, 0.5) is 0 Å². The van der Waals surface area contributed by atoms with Gasteiger partial charge in [0.25, 0.3) is 0 Å². The quantitative estimate of drug-likeness (QED) is 0.588. The summed E-state index contributed by atoms with van der Waals surface area (Å²) < 4.78 is 22.1. The van der Waals surface area contributed by atoms with E-state index >= 15 is 0 Å². The van der Waals surface area contributed by atoms with Crippen molar-refractivity contribution in [1.29, 1.82) is 0 Å². The van der Waals surface area contributed by atoms with Gasteiger partial charge in [0.15, 0.2) is 5.60 Å². The summed E-state index contributed by atoms with van der Waals surface area (Å²) in [5.74, 6) is -2.04. The Balaban J connectivity index is 1.63. The number of fused-ring (bicyclic) bond motifs is 1. The van der Waals surface area contributed by atoms with Crippen LogP contribution in [0.2, 0.25) is 0 Å². The summed E-state index contributed by atoms with van der Waals surface area (Å²) in [6.45, 7) is 3.12. The molecular weight excluding hydrogens is 392 g/mol. The minimum Gasteiger partial charge on any atom is -0.472 e. The zero-order chi connectivity index (χ0) is 21.3. The van der Waals surface area contributed by atoms with Crippen molar-refractivity contribution >= 4 is 17.9 Å². The minimum atomic E-state index is -1.78. The van der Waals surface area contributed by atoms with Crippen molar-refractivity contribution in [3.8, 4) is 0 Å². The number of aliphatic hydroxyl groups is 1. The van der Waals surface area contributed by atoms with Gasteiger partial charge in [0.2, 0.25) is 0 Å². The monoisotopic (exact) mass is 418 g/mol. The number of carbonyl (C=O) groups excluding carboxylic acids is 3. The lowest BCUT2D eigenvalue weighted by atomic mass is 9.42. The Kier molecular flexibility index (Phi) is 4.13. The second-order valence-electron chi connectivity index (χ2n) is 9.35. The van der Waals surface area contributed by atoms with Crippen LogP contribution < -0.4 is 0 Å². The Morgan fingerprint density at radius 2 is 2.10 bits per heavy atom. The number of hydrogen-bond acceptors (Lipinski definition) is 8. The topological polar surface area (TPSA) is 112 Å². The van der Waals surface area contributed by atoms with Crippen molar-refractivity contribution in [2.75, 3.05) is 6.61 Å². The van der Waals surface area contributed by atoms with E-state index in [1.807, 2.05) is 6.92 Å². The van der Waals surface area contributed by atoms with Gasteiger partial charge in [-0.05, 0) is 43.6 Å². The molecule has 2 saturated heterocycles. The summed E-state index contributed by atoms with van der Waals surface area (Å²) in [7, 11) is 0. The number of esters is 3. The molecule has 1 aromatic heterocycles. The third-order valence-corrected chi connectivity index (χ3v) is 8.24. The molecule has 0 bridgehead atoms. The van der Waals surface area contributed by atoms with E-state index in [2.05, 4.69) is 0 Å². The molecule has 1 spiro atoms. The van der Waals surface area contributed by atoms with Gasteiger partial charge in [-0.2, -0.15) is 0 Å². The van der Waals surface area contributed by atoms with Crippen LogP contribution in [0.15, 0.2) is 23.0 Å². The maximum atomic E-state index is 13.5. The number of carbonyl (C=O) groups is 3. The Labute approximate surface area is 173 Å². The molecule has 2 saturated carbocycles. The molecule has 1 N–H and O–H groups in total. The van der Waals surface area contributed by atoms with Gasteiger partial charge < -0.3 is 23.7 Å². The maximum absolute atomic E-state index is 13.5. The van der Waals surface area contributed by atoms with Crippen molar-refractivity contribution in [2.24, 2.45) is 22.7 Å². The van der Waals surface area contributed by atoms with Gasteiger partial charge in [-0.1, -0.05) is 6.92 Å². The van der Waals surface area contributed by atoms with Gasteiger partial charge in [-0.3, -0.25) is 9.59 Å². The van der Waals surface area contributed by atoms with Crippen molar-refractivity contribution in [2.45, 2.75) is 63.8 Å². The van der Waals surface area contributed by atoms with Gasteiger partial charge in [0, 0.05) is 18.9 Å². The van der Waals surface area contributed by atoms with E-state index in [1.54, 1.807) is 18.6 Å². The summed E-state index contributed by atoms with van der Waals surface area (Å²) in [5.41, 5.74) is -3.06. The lowest BCUT2D eigenvalue weighted by Gasteiger charge is -2.59. The summed E-state index contributed by atoms with van der Waals surface area (Å²) >= 11 is 0. The number of hydrogen-bond donors (Lipinski definition) is 1. The second-order valence-corrected chi connectivity index (χ2v) is 9.35. The molecule has 4 aliphatic rings. The van der Waals surface area contributed by atoms with Crippen LogP contribution in [0, 0.1) is 22.7 Å². The number of rotatable bonds is 3. The Morgan fingerprint density at radius 1 is 1.30 bits per heavy atom. The molecule has 5 rings (SSSR count). The maximum Gasteiger partial charge on any atom is 0.339 e. The van der Waals surface area contributed by atoms with Crippen molar-refractivity contribution in [1.82, 2.24) is 0 Å². The van der Waals surface area contributed by atoms with Gasteiger partial charge in [0.1, 0.15) is 18.8 Å². The van der Waals surface area contributed by atoms with Crippen LogP contribution in [0.5, 0.6) is 0 Å². The number of furan rings is 1. The number of ether oxygens (including phenoxy) is 3. The Bertz CT molecular complexity index is 893. The average Bonchev–Trinajstić information content (AvgIpc) is 3.38. The van der Waals surface area contributed by atoms with Crippen molar-refractivity contribution in [3.63, 3.8) is 0 Å². The third-order valence-electron chi connectivity index (χ3n) is 8.24. The van der Waals surface area contributed by atoms with Crippen LogP contribution in [0.25, 0.3) is 0 Å². The van der Waals surface area contributed by atoms with E-state index in [9.17, 15) is 19.5 Å². The van der Waals surface area contributed by atoms with E-state index in [0.717, 1.165) is 5.56 Å². The average molecular weight is 418 g/mol. The lowest BCUT2D eigenvalue weighted by Crippen LogP contribution is -2.68. The normalized spacial score (nSPS) is 44.5. The summed E-state index contributed by atoms with van der Waals surface area (Å²) in [5, 5.41) is 11.6. The molecule has 1 aromatic rings. The fraction of sp³-hybridized carbons (Fsp3) is 0.682. The van der Waals surface area contributed by atoms with Crippen LogP contribution in [-0.2, 0) is 28.6 Å². The molecule has 8 heteroatoms. The van der Waals surface area contributed by atoms with Crippen molar-refractivity contribution < 1.29 is 38.1 Å². The molecule has 30 heavy (non-hydrogen) atoms. The Morgan fingerprint density at radius 3 is 2.80 bits per heavy atom. The van der Waals surface area contributed by atoms with Crippen molar-refractivity contribution in [3.05, 3.63) is 24.2 Å². The van der Waals surface area contributed by atoms with Gasteiger partial charge >= 0.3 is 17.9 Å². The lowest BCUT2D eigenvalue weighted by molar-refractivity contribution is -0.220. The molecule has 2 aliphatic heterocycles. The standard InChI is InChI=1S/C22H26O8/c1-12-8-17-21(11-28-13(2)23)16(4-3-6-22(21,26)19(25)30-17)20(12)9-15(29-18(20)24)14-5-7-27-10-14/h5,7,10,12,15-17,26H,3-4,6,8-9,11H2,1-2H3. The van der Waals surface area contributed by atoms with E-state index in [-0.39, 0.29) is 24.9 Å². The first-order valence-corrected chi connectivity index (χ1v) is 10.6. The summed E-state index contributed by atoms with van der Waals surface area (Å²) in [6.07, 6.45) is 4.30. The highest BCUT2D eigenvalue weighted by Crippen LogP contribution is 2.70. The van der Waals surface area contributed by atoms with Crippen LogP contribution in [0.3, 0.4) is 0 Å². The minimum absolute atomic E-state index is 0.129. The molecule has 0 radical (unpaired) electrons. The van der Waals surface area contributed by atoms with Gasteiger partial charge in [-0.15, -0.1) is 0 Å².